The molecule has 24 heavy (non-hydrogen) atoms. The summed E-state index contributed by atoms with van der Waals surface area (Å²) in [5, 5.41) is 1.94. The van der Waals surface area contributed by atoms with E-state index in [4.69, 9.17) is 4.74 Å². The summed E-state index contributed by atoms with van der Waals surface area (Å²) in [7, 11) is 0. The molecule has 1 spiro atoms. The number of rotatable bonds is 2. The molecule has 2 saturated heterocycles. The van der Waals surface area contributed by atoms with Gasteiger partial charge in [0.15, 0.2) is 0 Å². The molecular weight excluding hydrogens is 324 g/mol. The quantitative estimate of drug-likeness (QED) is 0.834. The molecule has 1 amide bonds. The van der Waals surface area contributed by atoms with Crippen molar-refractivity contribution >= 4 is 23.1 Å². The molecule has 2 fully saturated rings. The number of hydrogen-bond acceptors (Lipinski definition) is 6. The molecule has 6 nitrogen and oxygen atoms in total. The van der Waals surface area contributed by atoms with Crippen molar-refractivity contribution in [3.63, 3.8) is 0 Å². The molecular formula is C17H20N4O2S. The molecule has 2 aliphatic heterocycles. The lowest BCUT2D eigenvalue weighted by Gasteiger charge is -2.48. The van der Waals surface area contributed by atoms with Crippen LogP contribution in [0.3, 0.4) is 0 Å². The van der Waals surface area contributed by atoms with Gasteiger partial charge in [-0.25, -0.2) is 4.98 Å². The Bertz CT molecular complexity index is 690. The third-order valence-corrected chi connectivity index (χ3v) is 5.54. The predicted molar refractivity (Wildman–Crippen MR) is 92.4 cm³/mol. The Labute approximate surface area is 145 Å². The van der Waals surface area contributed by atoms with Gasteiger partial charge >= 0.3 is 0 Å². The highest BCUT2D eigenvalue weighted by Gasteiger charge is 2.42. The molecule has 126 valence electrons. The van der Waals surface area contributed by atoms with E-state index in [1.807, 2.05) is 22.4 Å². The molecule has 4 heterocycles. The SMILES string of the molecule is O=C(c1cccs1)N1CCOC2(CCCN(c3cnccn3)C2)C1. The first-order chi connectivity index (χ1) is 11.8. The number of carbonyl (C=O) groups is 1. The van der Waals surface area contributed by atoms with Gasteiger partial charge in [-0.3, -0.25) is 9.78 Å². The second kappa shape index (κ2) is 6.49. The molecule has 2 aliphatic rings. The van der Waals surface area contributed by atoms with Crippen LogP contribution in [0.15, 0.2) is 36.1 Å². The van der Waals surface area contributed by atoms with Gasteiger partial charge in [0.2, 0.25) is 0 Å². The normalized spacial score (nSPS) is 24.3. The number of aromatic nitrogens is 2. The maximum Gasteiger partial charge on any atom is 0.264 e. The first-order valence-corrected chi connectivity index (χ1v) is 9.11. The van der Waals surface area contributed by atoms with Gasteiger partial charge in [0, 0.05) is 25.5 Å². The van der Waals surface area contributed by atoms with Crippen molar-refractivity contribution in [1.82, 2.24) is 14.9 Å². The van der Waals surface area contributed by atoms with Crippen molar-refractivity contribution in [1.29, 1.82) is 0 Å². The summed E-state index contributed by atoms with van der Waals surface area (Å²) in [5.41, 5.74) is -0.305. The average molecular weight is 344 g/mol. The van der Waals surface area contributed by atoms with E-state index in [9.17, 15) is 4.79 Å². The van der Waals surface area contributed by atoms with Crippen LogP contribution in [0.1, 0.15) is 22.5 Å². The summed E-state index contributed by atoms with van der Waals surface area (Å²) in [6.07, 6.45) is 7.18. The molecule has 4 rings (SSSR count). The summed E-state index contributed by atoms with van der Waals surface area (Å²) in [5.74, 6) is 0.992. The van der Waals surface area contributed by atoms with Crippen molar-refractivity contribution in [3.8, 4) is 0 Å². The molecule has 0 radical (unpaired) electrons. The van der Waals surface area contributed by atoms with E-state index in [0.29, 0.717) is 19.7 Å². The fraction of sp³-hybridized carbons (Fsp3) is 0.471. The standard InChI is InChI=1S/C17H20N4O2S/c22-16(14-3-1-10-24-14)21-8-9-23-17(13-21)4-2-7-20(12-17)15-11-18-5-6-19-15/h1,3,5-6,10-11H,2,4,7-9,12-13H2. The van der Waals surface area contributed by atoms with Gasteiger partial charge in [0.1, 0.15) is 11.4 Å². The van der Waals surface area contributed by atoms with Crippen molar-refractivity contribution in [2.45, 2.75) is 18.4 Å². The number of nitrogens with zero attached hydrogens (tertiary/aromatic N) is 4. The van der Waals surface area contributed by atoms with Gasteiger partial charge in [0.25, 0.3) is 5.91 Å². The molecule has 0 aliphatic carbocycles. The van der Waals surface area contributed by atoms with Crippen LogP contribution in [0.4, 0.5) is 5.82 Å². The molecule has 2 aromatic rings. The van der Waals surface area contributed by atoms with E-state index < -0.39 is 0 Å². The highest BCUT2D eigenvalue weighted by Crippen LogP contribution is 2.31. The van der Waals surface area contributed by atoms with Gasteiger partial charge in [-0.2, -0.15) is 0 Å². The third kappa shape index (κ3) is 3.01. The number of carbonyl (C=O) groups excluding carboxylic acids is 1. The fourth-order valence-electron chi connectivity index (χ4n) is 3.57. The second-order valence-electron chi connectivity index (χ2n) is 6.32. The van der Waals surface area contributed by atoms with Gasteiger partial charge in [0.05, 0.1) is 30.8 Å². The number of amides is 1. The van der Waals surface area contributed by atoms with Gasteiger partial charge in [-0.1, -0.05) is 6.07 Å². The van der Waals surface area contributed by atoms with E-state index in [1.54, 1.807) is 18.6 Å². The monoisotopic (exact) mass is 344 g/mol. The highest BCUT2D eigenvalue weighted by molar-refractivity contribution is 7.12. The number of anilines is 1. The molecule has 0 aromatic carbocycles. The number of morpholine rings is 1. The molecule has 7 heteroatoms. The molecule has 0 N–H and O–H groups in total. The smallest absolute Gasteiger partial charge is 0.264 e. The highest BCUT2D eigenvalue weighted by atomic mass is 32.1. The van der Waals surface area contributed by atoms with Gasteiger partial charge in [-0.15, -0.1) is 11.3 Å². The van der Waals surface area contributed by atoms with Crippen molar-refractivity contribution in [3.05, 3.63) is 41.0 Å². The van der Waals surface area contributed by atoms with Crippen LogP contribution in [0.2, 0.25) is 0 Å². The molecule has 1 atom stereocenters. The molecule has 0 saturated carbocycles. The maximum atomic E-state index is 12.7. The summed E-state index contributed by atoms with van der Waals surface area (Å²) in [6, 6.07) is 3.81. The van der Waals surface area contributed by atoms with E-state index >= 15 is 0 Å². The topological polar surface area (TPSA) is 58.6 Å². The lowest BCUT2D eigenvalue weighted by atomic mass is 9.90. The molecule has 2 aromatic heterocycles. The molecule has 1 unspecified atom stereocenters. The summed E-state index contributed by atoms with van der Waals surface area (Å²) >= 11 is 1.50. The summed E-state index contributed by atoms with van der Waals surface area (Å²) < 4.78 is 6.18. The van der Waals surface area contributed by atoms with E-state index in [-0.39, 0.29) is 11.5 Å². The lowest BCUT2D eigenvalue weighted by Crippen LogP contribution is -2.60. The minimum atomic E-state index is -0.305. The number of hydrogen-bond donors (Lipinski definition) is 0. The van der Waals surface area contributed by atoms with E-state index in [0.717, 1.165) is 36.6 Å². The lowest BCUT2D eigenvalue weighted by molar-refractivity contribution is -0.105. The van der Waals surface area contributed by atoms with Gasteiger partial charge in [-0.05, 0) is 24.3 Å². The molecule has 0 bridgehead atoms. The fourth-order valence-corrected chi connectivity index (χ4v) is 4.26. The zero-order valence-electron chi connectivity index (χ0n) is 13.4. The Kier molecular flexibility index (Phi) is 4.20. The summed E-state index contributed by atoms with van der Waals surface area (Å²) in [6.45, 7) is 3.58. The van der Waals surface area contributed by atoms with Crippen molar-refractivity contribution < 1.29 is 9.53 Å². The first kappa shape index (κ1) is 15.5. The van der Waals surface area contributed by atoms with Crippen LogP contribution in [-0.2, 0) is 4.74 Å². The van der Waals surface area contributed by atoms with Crippen LogP contribution in [0, 0.1) is 0 Å². The minimum Gasteiger partial charge on any atom is -0.369 e. The Balaban J connectivity index is 1.50. The Morgan fingerprint density at radius 1 is 1.29 bits per heavy atom. The maximum absolute atomic E-state index is 12.7. The third-order valence-electron chi connectivity index (χ3n) is 4.68. The zero-order valence-corrected chi connectivity index (χ0v) is 14.2. The number of piperidine rings is 1. The van der Waals surface area contributed by atoms with Crippen molar-refractivity contribution in [2.24, 2.45) is 0 Å². The Morgan fingerprint density at radius 3 is 3.04 bits per heavy atom. The van der Waals surface area contributed by atoms with Crippen LogP contribution < -0.4 is 4.90 Å². The van der Waals surface area contributed by atoms with Crippen LogP contribution >= 0.6 is 11.3 Å². The van der Waals surface area contributed by atoms with Gasteiger partial charge < -0.3 is 14.5 Å². The Hall–Kier alpha value is -1.99. The van der Waals surface area contributed by atoms with Crippen LogP contribution in [-0.4, -0.2) is 59.2 Å². The zero-order chi connectivity index (χ0) is 16.4. The number of thiophene rings is 1. The number of ether oxygens (including phenoxy) is 1. The average Bonchev–Trinajstić information content (AvgIpc) is 3.17. The summed E-state index contributed by atoms with van der Waals surface area (Å²) in [4.78, 5) is 26.2. The Morgan fingerprint density at radius 2 is 2.25 bits per heavy atom. The largest absolute Gasteiger partial charge is 0.369 e. The minimum absolute atomic E-state index is 0.115. The van der Waals surface area contributed by atoms with E-state index in [1.165, 1.54) is 11.3 Å². The van der Waals surface area contributed by atoms with Crippen LogP contribution in [0.5, 0.6) is 0 Å². The predicted octanol–water partition coefficient (Wildman–Crippen LogP) is 2.05. The second-order valence-corrected chi connectivity index (χ2v) is 7.27. The van der Waals surface area contributed by atoms with E-state index in [2.05, 4.69) is 14.9 Å². The first-order valence-electron chi connectivity index (χ1n) is 8.24. The van der Waals surface area contributed by atoms with Crippen LogP contribution in [0.25, 0.3) is 0 Å². The van der Waals surface area contributed by atoms with Crippen molar-refractivity contribution in [2.75, 3.05) is 37.7 Å².